The van der Waals surface area contributed by atoms with Crippen LogP contribution < -0.4 is 5.32 Å². The molecule has 0 heterocycles. The lowest BCUT2D eigenvalue weighted by atomic mass is 9.83. The third kappa shape index (κ3) is 2.60. The van der Waals surface area contributed by atoms with Crippen molar-refractivity contribution in [2.45, 2.75) is 70.9 Å². The molecule has 0 aliphatic heterocycles. The fourth-order valence-corrected chi connectivity index (χ4v) is 3.42. The molecule has 0 bridgehead atoms. The van der Waals surface area contributed by atoms with Gasteiger partial charge in [0.05, 0.1) is 0 Å². The lowest BCUT2D eigenvalue weighted by Gasteiger charge is -2.36. The Balaban J connectivity index is 1.85. The average Bonchev–Trinajstić information content (AvgIpc) is 2.65. The van der Waals surface area contributed by atoms with E-state index in [9.17, 15) is 5.11 Å². The van der Waals surface area contributed by atoms with Gasteiger partial charge in [-0.1, -0.05) is 20.3 Å². The Morgan fingerprint density at radius 2 is 1.88 bits per heavy atom. The second-order valence-corrected chi connectivity index (χ2v) is 6.38. The number of nitrogens with one attached hydrogen (secondary N) is 1. The molecule has 0 spiro atoms. The summed E-state index contributed by atoms with van der Waals surface area (Å²) in [4.78, 5) is 0. The predicted molar refractivity (Wildman–Crippen MR) is 67.4 cm³/mol. The highest BCUT2D eigenvalue weighted by atomic mass is 16.3. The second-order valence-electron chi connectivity index (χ2n) is 6.38. The van der Waals surface area contributed by atoms with Gasteiger partial charge in [-0.05, 0) is 44.4 Å². The highest BCUT2D eigenvalue weighted by Crippen LogP contribution is 2.38. The molecular weight excluding hydrogens is 198 g/mol. The maximum atomic E-state index is 9.53. The zero-order chi connectivity index (χ0) is 11.6. The van der Waals surface area contributed by atoms with E-state index in [-0.39, 0.29) is 5.41 Å². The van der Waals surface area contributed by atoms with Gasteiger partial charge in [0, 0.05) is 24.1 Å². The molecule has 2 unspecified atom stereocenters. The number of rotatable bonds is 3. The van der Waals surface area contributed by atoms with Gasteiger partial charge >= 0.3 is 0 Å². The summed E-state index contributed by atoms with van der Waals surface area (Å²) in [6.07, 6.45) is 9.13. The SMILES string of the molecule is CC1CCC(NC2CCCC2(C)CO)CC1. The van der Waals surface area contributed by atoms with Crippen LogP contribution in [0.15, 0.2) is 0 Å². The van der Waals surface area contributed by atoms with Gasteiger partial charge in [-0.25, -0.2) is 0 Å². The molecule has 2 saturated carbocycles. The topological polar surface area (TPSA) is 32.3 Å². The highest BCUT2D eigenvalue weighted by Gasteiger charge is 2.39. The Labute approximate surface area is 99.8 Å². The molecule has 0 aromatic rings. The Morgan fingerprint density at radius 1 is 1.19 bits per heavy atom. The molecule has 2 atom stereocenters. The van der Waals surface area contributed by atoms with Crippen LogP contribution >= 0.6 is 0 Å². The fourth-order valence-electron chi connectivity index (χ4n) is 3.42. The molecule has 0 radical (unpaired) electrons. The molecule has 2 nitrogen and oxygen atoms in total. The molecular formula is C14H27NO. The first-order chi connectivity index (χ1) is 7.64. The predicted octanol–water partition coefficient (Wildman–Crippen LogP) is 2.71. The van der Waals surface area contributed by atoms with Gasteiger partial charge in [0.25, 0.3) is 0 Å². The van der Waals surface area contributed by atoms with E-state index in [4.69, 9.17) is 0 Å². The molecule has 2 rings (SSSR count). The maximum absolute atomic E-state index is 9.53. The molecule has 0 aromatic carbocycles. The summed E-state index contributed by atoms with van der Waals surface area (Å²) in [5, 5.41) is 13.3. The van der Waals surface area contributed by atoms with E-state index in [0.29, 0.717) is 18.7 Å². The molecule has 0 saturated heterocycles. The maximum Gasteiger partial charge on any atom is 0.0499 e. The monoisotopic (exact) mass is 225 g/mol. The van der Waals surface area contributed by atoms with E-state index in [0.717, 1.165) is 5.92 Å². The number of hydrogen-bond acceptors (Lipinski definition) is 2. The molecule has 2 N–H and O–H groups in total. The van der Waals surface area contributed by atoms with E-state index >= 15 is 0 Å². The van der Waals surface area contributed by atoms with E-state index < -0.39 is 0 Å². The van der Waals surface area contributed by atoms with Crippen molar-refractivity contribution in [1.29, 1.82) is 0 Å². The van der Waals surface area contributed by atoms with Crippen LogP contribution in [0.3, 0.4) is 0 Å². The van der Waals surface area contributed by atoms with Crippen molar-refractivity contribution in [3.63, 3.8) is 0 Å². The van der Waals surface area contributed by atoms with Crippen molar-refractivity contribution in [2.24, 2.45) is 11.3 Å². The standard InChI is InChI=1S/C14H27NO/c1-11-5-7-12(8-6-11)15-13-4-3-9-14(13,2)10-16/h11-13,15-16H,3-10H2,1-2H3. The molecule has 2 fully saturated rings. The molecule has 2 aliphatic rings. The molecule has 2 heteroatoms. The highest BCUT2D eigenvalue weighted by molar-refractivity contribution is 4.95. The van der Waals surface area contributed by atoms with Crippen LogP contribution in [-0.4, -0.2) is 23.8 Å². The molecule has 94 valence electrons. The quantitative estimate of drug-likeness (QED) is 0.774. The van der Waals surface area contributed by atoms with Crippen molar-refractivity contribution in [3.05, 3.63) is 0 Å². The molecule has 16 heavy (non-hydrogen) atoms. The normalized spacial score (nSPS) is 44.8. The fraction of sp³-hybridized carbons (Fsp3) is 1.00. The van der Waals surface area contributed by atoms with Gasteiger partial charge in [0.1, 0.15) is 0 Å². The molecule has 2 aliphatic carbocycles. The third-order valence-electron chi connectivity index (χ3n) is 4.90. The number of hydrogen-bond donors (Lipinski definition) is 2. The largest absolute Gasteiger partial charge is 0.396 e. The van der Waals surface area contributed by atoms with Gasteiger partial charge in [-0.15, -0.1) is 0 Å². The van der Waals surface area contributed by atoms with Crippen molar-refractivity contribution in [3.8, 4) is 0 Å². The number of aliphatic hydroxyl groups is 1. The second kappa shape index (κ2) is 5.05. The summed E-state index contributed by atoms with van der Waals surface area (Å²) >= 11 is 0. The van der Waals surface area contributed by atoms with Crippen LogP contribution in [0.5, 0.6) is 0 Å². The average molecular weight is 225 g/mol. The van der Waals surface area contributed by atoms with E-state index in [1.165, 1.54) is 44.9 Å². The van der Waals surface area contributed by atoms with Crippen molar-refractivity contribution in [2.75, 3.05) is 6.61 Å². The summed E-state index contributed by atoms with van der Waals surface area (Å²) in [6, 6.07) is 1.26. The summed E-state index contributed by atoms with van der Waals surface area (Å²) < 4.78 is 0. The lowest BCUT2D eigenvalue weighted by molar-refractivity contribution is 0.108. The molecule has 0 amide bonds. The summed E-state index contributed by atoms with van der Waals surface area (Å²) in [5.74, 6) is 0.922. The van der Waals surface area contributed by atoms with Crippen LogP contribution in [0, 0.1) is 11.3 Å². The van der Waals surface area contributed by atoms with Crippen molar-refractivity contribution in [1.82, 2.24) is 5.32 Å². The summed E-state index contributed by atoms with van der Waals surface area (Å²) in [5.41, 5.74) is 0.142. The van der Waals surface area contributed by atoms with Crippen LogP contribution in [0.2, 0.25) is 0 Å². The van der Waals surface area contributed by atoms with Gasteiger partial charge in [-0.2, -0.15) is 0 Å². The van der Waals surface area contributed by atoms with Crippen LogP contribution in [0.4, 0.5) is 0 Å². The first-order valence-corrected chi connectivity index (χ1v) is 7.01. The Morgan fingerprint density at radius 3 is 2.50 bits per heavy atom. The van der Waals surface area contributed by atoms with Gasteiger partial charge in [0.2, 0.25) is 0 Å². The summed E-state index contributed by atoms with van der Waals surface area (Å²) in [6.45, 7) is 4.94. The Bertz CT molecular complexity index is 223. The van der Waals surface area contributed by atoms with E-state index in [1.807, 2.05) is 0 Å². The first kappa shape index (κ1) is 12.4. The third-order valence-corrected chi connectivity index (χ3v) is 4.90. The Kier molecular flexibility index (Phi) is 3.91. The zero-order valence-electron chi connectivity index (χ0n) is 10.8. The number of aliphatic hydroxyl groups excluding tert-OH is 1. The summed E-state index contributed by atoms with van der Waals surface area (Å²) in [7, 11) is 0. The van der Waals surface area contributed by atoms with Crippen LogP contribution in [0.25, 0.3) is 0 Å². The lowest BCUT2D eigenvalue weighted by Crippen LogP contribution is -2.47. The van der Waals surface area contributed by atoms with Crippen molar-refractivity contribution < 1.29 is 5.11 Å². The zero-order valence-corrected chi connectivity index (χ0v) is 10.8. The van der Waals surface area contributed by atoms with E-state index in [1.54, 1.807) is 0 Å². The van der Waals surface area contributed by atoms with Crippen LogP contribution in [-0.2, 0) is 0 Å². The minimum absolute atomic E-state index is 0.142. The van der Waals surface area contributed by atoms with E-state index in [2.05, 4.69) is 19.2 Å². The minimum Gasteiger partial charge on any atom is -0.396 e. The first-order valence-electron chi connectivity index (χ1n) is 7.01. The van der Waals surface area contributed by atoms with Gasteiger partial charge in [-0.3, -0.25) is 0 Å². The van der Waals surface area contributed by atoms with Crippen molar-refractivity contribution >= 4 is 0 Å². The van der Waals surface area contributed by atoms with Gasteiger partial charge < -0.3 is 10.4 Å². The minimum atomic E-state index is 0.142. The smallest absolute Gasteiger partial charge is 0.0499 e. The van der Waals surface area contributed by atoms with Gasteiger partial charge in [0.15, 0.2) is 0 Å². The molecule has 0 aromatic heterocycles. The Hall–Kier alpha value is -0.0800. The van der Waals surface area contributed by atoms with Crippen LogP contribution in [0.1, 0.15) is 58.8 Å².